The standard InChI is InChI=1S/C17H23N3O2S/c1-3-5-11-20(12-6-4-2)17(22)16(21)19-14-7-9-15(10-8-14)23-13-18/h7-10H,3-6,11-12H2,1-2H3,(H,19,21). The molecule has 0 radical (unpaired) electrons. The zero-order valence-corrected chi connectivity index (χ0v) is 14.5. The molecule has 0 saturated carbocycles. The lowest BCUT2D eigenvalue weighted by Gasteiger charge is -2.21. The maximum atomic E-state index is 12.3. The number of carbonyl (C=O) groups is 2. The average molecular weight is 333 g/mol. The Balaban J connectivity index is 2.65. The van der Waals surface area contributed by atoms with Crippen molar-refractivity contribution in [1.82, 2.24) is 4.90 Å². The minimum atomic E-state index is -0.613. The van der Waals surface area contributed by atoms with Crippen LogP contribution < -0.4 is 5.32 Å². The molecule has 1 N–H and O–H groups in total. The third-order valence-corrected chi connectivity index (χ3v) is 3.92. The third kappa shape index (κ3) is 6.74. The van der Waals surface area contributed by atoms with Gasteiger partial charge in [-0.25, -0.2) is 0 Å². The van der Waals surface area contributed by atoms with Crippen molar-refractivity contribution in [3.8, 4) is 5.40 Å². The first-order valence-corrected chi connectivity index (χ1v) is 8.70. The summed E-state index contributed by atoms with van der Waals surface area (Å²) in [5.74, 6) is -1.10. The van der Waals surface area contributed by atoms with Gasteiger partial charge in [0.1, 0.15) is 5.40 Å². The van der Waals surface area contributed by atoms with Gasteiger partial charge in [0.2, 0.25) is 0 Å². The van der Waals surface area contributed by atoms with Gasteiger partial charge in [-0.3, -0.25) is 9.59 Å². The summed E-state index contributed by atoms with van der Waals surface area (Å²) in [6.07, 6.45) is 3.75. The van der Waals surface area contributed by atoms with Gasteiger partial charge < -0.3 is 10.2 Å². The largest absolute Gasteiger partial charge is 0.334 e. The van der Waals surface area contributed by atoms with E-state index in [2.05, 4.69) is 19.2 Å². The summed E-state index contributed by atoms with van der Waals surface area (Å²) in [6, 6.07) is 6.85. The number of nitrogens with zero attached hydrogens (tertiary/aromatic N) is 2. The molecule has 0 fully saturated rings. The summed E-state index contributed by atoms with van der Waals surface area (Å²) in [5, 5.41) is 13.2. The Kier molecular flexibility index (Phi) is 8.85. The van der Waals surface area contributed by atoms with Crippen LogP contribution in [-0.2, 0) is 9.59 Å². The molecule has 0 spiro atoms. The maximum absolute atomic E-state index is 12.3. The van der Waals surface area contributed by atoms with Crippen molar-refractivity contribution in [3.63, 3.8) is 0 Å². The summed E-state index contributed by atoms with van der Waals surface area (Å²) in [5.41, 5.74) is 0.552. The van der Waals surface area contributed by atoms with Gasteiger partial charge in [-0.2, -0.15) is 5.26 Å². The highest BCUT2D eigenvalue weighted by Gasteiger charge is 2.21. The van der Waals surface area contributed by atoms with E-state index in [-0.39, 0.29) is 0 Å². The molecule has 0 heterocycles. The van der Waals surface area contributed by atoms with Crippen molar-refractivity contribution in [1.29, 1.82) is 5.26 Å². The Morgan fingerprint density at radius 2 is 1.70 bits per heavy atom. The van der Waals surface area contributed by atoms with Crippen molar-refractivity contribution in [2.75, 3.05) is 18.4 Å². The van der Waals surface area contributed by atoms with Gasteiger partial charge in [0, 0.05) is 23.7 Å². The fourth-order valence-corrected chi connectivity index (χ4v) is 2.38. The van der Waals surface area contributed by atoms with Crippen molar-refractivity contribution < 1.29 is 9.59 Å². The second-order valence-corrected chi connectivity index (χ2v) is 6.03. The zero-order chi connectivity index (χ0) is 17.1. The Hall–Kier alpha value is -2.00. The van der Waals surface area contributed by atoms with Crippen molar-refractivity contribution in [2.24, 2.45) is 0 Å². The lowest BCUT2D eigenvalue weighted by molar-refractivity contribution is -0.143. The fraction of sp³-hybridized carbons (Fsp3) is 0.471. The molecule has 5 nitrogen and oxygen atoms in total. The monoisotopic (exact) mass is 333 g/mol. The first-order chi connectivity index (χ1) is 11.1. The molecule has 0 aromatic heterocycles. The molecule has 1 aromatic carbocycles. The van der Waals surface area contributed by atoms with Gasteiger partial charge in [0.25, 0.3) is 0 Å². The highest BCUT2D eigenvalue weighted by molar-refractivity contribution is 8.03. The lowest BCUT2D eigenvalue weighted by Crippen LogP contribution is -2.40. The Morgan fingerprint density at radius 1 is 1.13 bits per heavy atom. The molecule has 0 atom stereocenters. The average Bonchev–Trinajstić information content (AvgIpc) is 2.56. The second-order valence-electron chi connectivity index (χ2n) is 5.17. The lowest BCUT2D eigenvalue weighted by atomic mass is 10.2. The van der Waals surface area contributed by atoms with Gasteiger partial charge in [0.05, 0.1) is 0 Å². The summed E-state index contributed by atoms with van der Waals surface area (Å²) in [7, 11) is 0. The van der Waals surface area contributed by atoms with Gasteiger partial charge in [-0.15, -0.1) is 0 Å². The smallest absolute Gasteiger partial charge is 0.313 e. The van der Waals surface area contributed by atoms with Gasteiger partial charge in [-0.05, 0) is 48.9 Å². The number of nitrogens with one attached hydrogen (secondary N) is 1. The van der Waals surface area contributed by atoms with Crippen molar-refractivity contribution in [3.05, 3.63) is 24.3 Å². The third-order valence-electron chi connectivity index (χ3n) is 3.32. The van der Waals surface area contributed by atoms with Crippen molar-refractivity contribution in [2.45, 2.75) is 44.4 Å². The van der Waals surface area contributed by atoms with E-state index in [1.807, 2.05) is 5.40 Å². The van der Waals surface area contributed by atoms with Crippen LogP contribution in [0.5, 0.6) is 0 Å². The van der Waals surface area contributed by atoms with Gasteiger partial charge >= 0.3 is 11.8 Å². The van der Waals surface area contributed by atoms with E-state index in [0.717, 1.165) is 42.3 Å². The topological polar surface area (TPSA) is 73.2 Å². The number of benzene rings is 1. The highest BCUT2D eigenvalue weighted by Crippen LogP contribution is 2.19. The number of rotatable bonds is 8. The Bertz CT molecular complexity index is 544. The first-order valence-electron chi connectivity index (χ1n) is 7.88. The maximum Gasteiger partial charge on any atom is 0.313 e. The van der Waals surface area contributed by atoms with Gasteiger partial charge in [-0.1, -0.05) is 26.7 Å². The zero-order valence-electron chi connectivity index (χ0n) is 13.7. The summed E-state index contributed by atoms with van der Waals surface area (Å²) >= 11 is 1.05. The molecule has 1 rings (SSSR count). The Labute approximate surface area is 142 Å². The quantitative estimate of drug-likeness (QED) is 0.448. The molecule has 0 saturated heterocycles. The SMILES string of the molecule is CCCCN(CCCC)C(=O)C(=O)Nc1ccc(SC#N)cc1. The van der Waals surface area contributed by atoms with Crippen LogP contribution in [0.2, 0.25) is 0 Å². The number of thiocyanates is 1. The number of hydrogen-bond donors (Lipinski definition) is 1. The number of carbonyl (C=O) groups excluding carboxylic acids is 2. The molecule has 23 heavy (non-hydrogen) atoms. The van der Waals surface area contributed by atoms with Crippen LogP contribution in [-0.4, -0.2) is 29.8 Å². The van der Waals surface area contributed by atoms with E-state index in [4.69, 9.17) is 5.26 Å². The summed E-state index contributed by atoms with van der Waals surface area (Å²) in [6.45, 7) is 5.34. The van der Waals surface area contributed by atoms with Crippen LogP contribution >= 0.6 is 11.8 Å². The normalized spacial score (nSPS) is 9.96. The Morgan fingerprint density at radius 3 is 2.17 bits per heavy atom. The predicted octanol–water partition coefficient (Wildman–Crippen LogP) is 3.63. The molecule has 2 amide bonds. The molecule has 124 valence electrons. The van der Waals surface area contributed by atoms with E-state index < -0.39 is 11.8 Å². The number of hydrogen-bond acceptors (Lipinski definition) is 4. The molecule has 0 bridgehead atoms. The molecule has 1 aromatic rings. The molecule has 0 aliphatic carbocycles. The molecule has 0 aliphatic heterocycles. The molecular weight excluding hydrogens is 310 g/mol. The summed E-state index contributed by atoms with van der Waals surface area (Å²) < 4.78 is 0. The number of nitriles is 1. The second kappa shape index (κ2) is 10.7. The van der Waals surface area contributed by atoms with Crippen molar-refractivity contribution >= 4 is 29.3 Å². The predicted molar refractivity (Wildman–Crippen MR) is 92.9 cm³/mol. The van der Waals surface area contributed by atoms with E-state index in [1.54, 1.807) is 29.2 Å². The van der Waals surface area contributed by atoms with E-state index in [1.165, 1.54) is 0 Å². The summed E-state index contributed by atoms with van der Waals surface area (Å²) in [4.78, 5) is 26.8. The van der Waals surface area contributed by atoms with Crippen LogP contribution in [0.25, 0.3) is 0 Å². The first kappa shape index (κ1) is 19.0. The van der Waals surface area contributed by atoms with Crippen LogP contribution in [0, 0.1) is 10.7 Å². The van der Waals surface area contributed by atoms with Gasteiger partial charge in [0.15, 0.2) is 0 Å². The van der Waals surface area contributed by atoms with Crippen LogP contribution in [0.3, 0.4) is 0 Å². The number of anilines is 1. The highest BCUT2D eigenvalue weighted by atomic mass is 32.2. The minimum absolute atomic E-state index is 0.484. The number of amides is 2. The number of thioether (sulfide) groups is 1. The molecular formula is C17H23N3O2S. The molecule has 6 heteroatoms. The van der Waals surface area contributed by atoms with Crippen LogP contribution in [0.1, 0.15) is 39.5 Å². The van der Waals surface area contributed by atoms with Crippen LogP contribution in [0.15, 0.2) is 29.2 Å². The number of unbranched alkanes of at least 4 members (excludes halogenated alkanes) is 2. The van der Waals surface area contributed by atoms with E-state index >= 15 is 0 Å². The molecule has 0 unspecified atom stereocenters. The fourth-order valence-electron chi connectivity index (χ4n) is 2.00. The van der Waals surface area contributed by atoms with Crippen LogP contribution in [0.4, 0.5) is 5.69 Å². The minimum Gasteiger partial charge on any atom is -0.334 e. The van der Waals surface area contributed by atoms with E-state index in [9.17, 15) is 9.59 Å². The van der Waals surface area contributed by atoms with E-state index in [0.29, 0.717) is 18.8 Å². The molecule has 0 aliphatic rings.